The number of hydrogen-bond donors (Lipinski definition) is 2. The molecule has 0 fully saturated rings. The number of carbonyl (C=O) groups is 1. The average molecular weight is 255 g/mol. The maximum absolute atomic E-state index is 13.0. The highest BCUT2D eigenvalue weighted by Crippen LogP contribution is 2.25. The Bertz CT molecular complexity index is 463. The van der Waals surface area contributed by atoms with E-state index in [9.17, 15) is 19.3 Å². The van der Waals surface area contributed by atoms with Crippen LogP contribution < -0.4 is 11.1 Å². The topological polar surface area (TPSA) is 98.3 Å². The van der Waals surface area contributed by atoms with E-state index in [-0.39, 0.29) is 23.8 Å². The molecule has 1 atom stereocenters. The number of nitrogens with two attached hydrogens (primary N) is 1. The molecule has 7 heteroatoms. The van der Waals surface area contributed by atoms with E-state index in [0.717, 1.165) is 18.2 Å². The van der Waals surface area contributed by atoms with E-state index in [1.54, 1.807) is 6.92 Å². The molecule has 0 aliphatic carbocycles. The monoisotopic (exact) mass is 255 g/mol. The second-order valence-corrected chi connectivity index (χ2v) is 3.98. The van der Waals surface area contributed by atoms with Crippen LogP contribution >= 0.6 is 0 Å². The summed E-state index contributed by atoms with van der Waals surface area (Å²) in [6.07, 6.45) is 0.584. The number of rotatable bonds is 5. The van der Waals surface area contributed by atoms with Gasteiger partial charge in [-0.3, -0.25) is 14.9 Å². The fraction of sp³-hybridized carbons (Fsp3) is 0.364. The molecule has 0 aromatic heterocycles. The van der Waals surface area contributed by atoms with E-state index in [2.05, 4.69) is 5.32 Å². The lowest BCUT2D eigenvalue weighted by atomic mass is 10.2. The van der Waals surface area contributed by atoms with Gasteiger partial charge in [0, 0.05) is 24.6 Å². The first-order chi connectivity index (χ1) is 8.40. The quantitative estimate of drug-likeness (QED) is 0.619. The Hall–Kier alpha value is -2.02. The fourth-order valence-corrected chi connectivity index (χ4v) is 1.34. The number of halogens is 1. The molecule has 0 aliphatic rings. The summed E-state index contributed by atoms with van der Waals surface area (Å²) in [7, 11) is 0. The fourth-order valence-electron chi connectivity index (χ4n) is 1.34. The summed E-state index contributed by atoms with van der Waals surface area (Å²) >= 11 is 0. The molecule has 1 unspecified atom stereocenters. The number of benzene rings is 1. The van der Waals surface area contributed by atoms with Gasteiger partial charge in [-0.2, -0.15) is 0 Å². The van der Waals surface area contributed by atoms with Crippen LogP contribution in [0, 0.1) is 15.9 Å². The molecule has 0 saturated heterocycles. The van der Waals surface area contributed by atoms with Gasteiger partial charge in [0.05, 0.1) is 4.92 Å². The van der Waals surface area contributed by atoms with E-state index in [0.29, 0.717) is 6.42 Å². The van der Waals surface area contributed by atoms with Crippen LogP contribution in [0.4, 0.5) is 15.8 Å². The molecular weight excluding hydrogens is 241 g/mol. The van der Waals surface area contributed by atoms with Crippen molar-refractivity contribution in [2.75, 3.05) is 5.32 Å². The van der Waals surface area contributed by atoms with Crippen molar-refractivity contribution in [1.82, 2.24) is 0 Å². The zero-order valence-electron chi connectivity index (χ0n) is 9.85. The molecule has 0 radical (unpaired) electrons. The van der Waals surface area contributed by atoms with E-state index in [4.69, 9.17) is 5.73 Å². The maximum Gasteiger partial charge on any atom is 0.292 e. The van der Waals surface area contributed by atoms with Crippen LogP contribution in [-0.2, 0) is 4.79 Å². The van der Waals surface area contributed by atoms with Crippen LogP contribution in [-0.4, -0.2) is 16.9 Å². The van der Waals surface area contributed by atoms with E-state index in [1.807, 2.05) is 0 Å². The summed E-state index contributed by atoms with van der Waals surface area (Å²) in [5.41, 5.74) is 5.00. The second-order valence-electron chi connectivity index (χ2n) is 3.98. The minimum atomic E-state index is -0.680. The van der Waals surface area contributed by atoms with Gasteiger partial charge >= 0.3 is 0 Å². The molecule has 1 aromatic rings. The summed E-state index contributed by atoms with van der Waals surface area (Å²) in [5.74, 6) is -1.08. The zero-order chi connectivity index (χ0) is 13.7. The van der Waals surface area contributed by atoms with Crippen molar-refractivity contribution in [2.45, 2.75) is 25.8 Å². The van der Waals surface area contributed by atoms with Crippen molar-refractivity contribution >= 4 is 17.3 Å². The first-order valence-electron chi connectivity index (χ1n) is 5.39. The van der Waals surface area contributed by atoms with Crippen LogP contribution in [0.15, 0.2) is 18.2 Å². The molecule has 0 spiro atoms. The van der Waals surface area contributed by atoms with Crippen LogP contribution in [0.25, 0.3) is 0 Å². The number of anilines is 1. The van der Waals surface area contributed by atoms with Crippen LogP contribution in [0.3, 0.4) is 0 Å². The van der Waals surface area contributed by atoms with Crippen LogP contribution in [0.1, 0.15) is 19.8 Å². The molecule has 3 N–H and O–H groups in total. The van der Waals surface area contributed by atoms with Crippen molar-refractivity contribution in [3.8, 4) is 0 Å². The molecule has 1 amide bonds. The van der Waals surface area contributed by atoms with Crippen molar-refractivity contribution < 1.29 is 14.1 Å². The van der Waals surface area contributed by atoms with Crippen molar-refractivity contribution in [1.29, 1.82) is 0 Å². The van der Waals surface area contributed by atoms with Gasteiger partial charge in [-0.25, -0.2) is 4.39 Å². The van der Waals surface area contributed by atoms with Crippen LogP contribution in [0.2, 0.25) is 0 Å². The van der Waals surface area contributed by atoms with Gasteiger partial charge in [0.25, 0.3) is 5.69 Å². The molecule has 0 bridgehead atoms. The average Bonchev–Trinajstić information content (AvgIpc) is 2.26. The van der Waals surface area contributed by atoms with E-state index in [1.165, 1.54) is 0 Å². The highest BCUT2D eigenvalue weighted by Gasteiger charge is 2.16. The Balaban J connectivity index is 2.79. The lowest BCUT2D eigenvalue weighted by molar-refractivity contribution is -0.384. The van der Waals surface area contributed by atoms with E-state index < -0.39 is 16.6 Å². The summed E-state index contributed by atoms with van der Waals surface area (Å²) in [6, 6.07) is 2.76. The first-order valence-corrected chi connectivity index (χ1v) is 5.39. The number of nitro groups is 1. The van der Waals surface area contributed by atoms with Crippen molar-refractivity contribution in [3.63, 3.8) is 0 Å². The van der Waals surface area contributed by atoms with Gasteiger partial charge < -0.3 is 11.1 Å². The van der Waals surface area contributed by atoms with Gasteiger partial charge in [0.1, 0.15) is 11.5 Å². The largest absolute Gasteiger partial charge is 0.328 e. The summed E-state index contributed by atoms with van der Waals surface area (Å²) in [5, 5.41) is 13.0. The summed E-state index contributed by atoms with van der Waals surface area (Å²) in [4.78, 5) is 21.5. The molecule has 0 saturated carbocycles. The van der Waals surface area contributed by atoms with Gasteiger partial charge in [-0.15, -0.1) is 0 Å². The van der Waals surface area contributed by atoms with Gasteiger partial charge in [0.2, 0.25) is 5.91 Å². The Kier molecular flexibility index (Phi) is 4.73. The van der Waals surface area contributed by atoms with Gasteiger partial charge in [0.15, 0.2) is 0 Å². The summed E-state index contributed by atoms with van der Waals surface area (Å²) < 4.78 is 13.0. The second kappa shape index (κ2) is 6.06. The van der Waals surface area contributed by atoms with E-state index >= 15 is 0 Å². The Morgan fingerprint density at radius 2 is 2.28 bits per heavy atom. The van der Waals surface area contributed by atoms with Crippen molar-refractivity contribution in [3.05, 3.63) is 34.1 Å². The molecule has 1 aromatic carbocycles. The van der Waals surface area contributed by atoms with Crippen molar-refractivity contribution in [2.24, 2.45) is 5.73 Å². The lowest BCUT2D eigenvalue weighted by Gasteiger charge is -2.07. The number of nitrogens with zero attached hydrogens (tertiary/aromatic N) is 1. The number of nitrogens with one attached hydrogen (secondary N) is 1. The highest BCUT2D eigenvalue weighted by atomic mass is 19.1. The standard InChI is InChI=1S/C11H14FN3O3/c1-7(13)2-5-11(16)14-9-6-8(12)3-4-10(9)15(17)18/h3-4,6-7H,2,5,13H2,1H3,(H,14,16). The number of carbonyl (C=O) groups excluding carboxylic acids is 1. The molecule has 6 nitrogen and oxygen atoms in total. The number of amides is 1. The minimum Gasteiger partial charge on any atom is -0.328 e. The molecule has 0 heterocycles. The number of hydrogen-bond acceptors (Lipinski definition) is 4. The molecule has 1 rings (SSSR count). The lowest BCUT2D eigenvalue weighted by Crippen LogP contribution is -2.19. The molecule has 0 aliphatic heterocycles. The Morgan fingerprint density at radius 3 is 2.83 bits per heavy atom. The number of nitro benzene ring substituents is 1. The Labute approximate surface area is 103 Å². The maximum atomic E-state index is 13.0. The minimum absolute atomic E-state index is 0.130. The molecule has 18 heavy (non-hydrogen) atoms. The normalized spacial score (nSPS) is 11.9. The predicted molar refractivity (Wildman–Crippen MR) is 64.6 cm³/mol. The predicted octanol–water partition coefficient (Wildman–Crippen LogP) is 1.80. The zero-order valence-corrected chi connectivity index (χ0v) is 9.85. The van der Waals surface area contributed by atoms with Crippen LogP contribution in [0.5, 0.6) is 0 Å². The highest BCUT2D eigenvalue weighted by molar-refractivity contribution is 5.93. The third-order valence-corrected chi connectivity index (χ3v) is 2.26. The SMILES string of the molecule is CC(N)CCC(=O)Nc1cc(F)ccc1[N+](=O)[O-]. The summed E-state index contributed by atoms with van der Waals surface area (Å²) in [6.45, 7) is 1.75. The van der Waals surface area contributed by atoms with Gasteiger partial charge in [-0.05, 0) is 19.4 Å². The third-order valence-electron chi connectivity index (χ3n) is 2.26. The van der Waals surface area contributed by atoms with Gasteiger partial charge in [-0.1, -0.05) is 0 Å². The Morgan fingerprint density at radius 1 is 1.61 bits per heavy atom. The molecule has 98 valence electrons. The third kappa shape index (κ3) is 4.10. The molecular formula is C11H14FN3O3. The smallest absolute Gasteiger partial charge is 0.292 e. The first kappa shape index (κ1) is 14.0.